The summed E-state index contributed by atoms with van der Waals surface area (Å²) in [6, 6.07) is 7.33. The summed E-state index contributed by atoms with van der Waals surface area (Å²) in [5, 5.41) is 11.0. The molecule has 1 fully saturated rings. The first kappa shape index (κ1) is 20.5. The van der Waals surface area contributed by atoms with Gasteiger partial charge >= 0.3 is 0 Å². The molecule has 2 aromatic rings. The van der Waals surface area contributed by atoms with Gasteiger partial charge < -0.3 is 28.8 Å². The Balaban J connectivity index is 2.11. The summed E-state index contributed by atoms with van der Waals surface area (Å²) in [6.45, 7) is 0.867. The van der Waals surface area contributed by atoms with Crippen LogP contribution < -0.4 is 9.47 Å². The van der Waals surface area contributed by atoms with Gasteiger partial charge in [0.2, 0.25) is 0 Å². The van der Waals surface area contributed by atoms with Crippen LogP contribution in [0.1, 0.15) is 17.4 Å². The Labute approximate surface area is 168 Å². The lowest BCUT2D eigenvalue weighted by molar-refractivity contribution is -0.140. The average molecular weight is 400 g/mol. The standard InChI is InChI=1S/C21H24N2O6/c1-22(2)9-10-23-18(15-6-5-11-29-15)17(20(25)21(23)26)19(24)13-7-8-14(27-3)16(12-13)28-4/h5-8,11-12,18,24H,9-10H2,1-4H3/b19-17+. The van der Waals surface area contributed by atoms with E-state index in [0.717, 1.165) is 0 Å². The van der Waals surface area contributed by atoms with Gasteiger partial charge in [-0.05, 0) is 44.4 Å². The van der Waals surface area contributed by atoms with Crippen molar-refractivity contribution < 1.29 is 28.6 Å². The number of Topliss-reactive ketones (excluding diaryl/α,β-unsaturated/α-hetero) is 1. The van der Waals surface area contributed by atoms with Crippen LogP contribution in [0.3, 0.4) is 0 Å². The number of likely N-dealkylation sites (tertiary alicyclic amines) is 1. The maximum absolute atomic E-state index is 12.8. The van der Waals surface area contributed by atoms with Gasteiger partial charge in [0.05, 0.1) is 26.1 Å². The molecule has 1 N–H and O–H groups in total. The molecule has 1 amide bonds. The van der Waals surface area contributed by atoms with Crippen molar-refractivity contribution in [1.82, 2.24) is 9.80 Å². The first-order valence-electron chi connectivity index (χ1n) is 9.08. The van der Waals surface area contributed by atoms with E-state index in [1.54, 1.807) is 30.3 Å². The van der Waals surface area contributed by atoms with Crippen molar-refractivity contribution >= 4 is 17.4 Å². The normalized spacial score (nSPS) is 18.5. The fourth-order valence-electron chi connectivity index (χ4n) is 3.30. The number of nitrogens with zero attached hydrogens (tertiary/aromatic N) is 2. The zero-order chi connectivity index (χ0) is 21.1. The molecule has 0 radical (unpaired) electrons. The molecule has 1 atom stereocenters. The largest absolute Gasteiger partial charge is 0.507 e. The van der Waals surface area contributed by atoms with Gasteiger partial charge in [-0.25, -0.2) is 0 Å². The van der Waals surface area contributed by atoms with E-state index in [1.165, 1.54) is 25.4 Å². The SMILES string of the molecule is COc1ccc(/C(O)=C2\C(=O)C(=O)N(CCN(C)C)C2c2ccco2)cc1OC. The Morgan fingerprint density at radius 1 is 1.17 bits per heavy atom. The quantitative estimate of drug-likeness (QED) is 0.433. The van der Waals surface area contributed by atoms with Crippen molar-refractivity contribution in [2.45, 2.75) is 6.04 Å². The molecule has 0 spiro atoms. The molecule has 0 saturated carbocycles. The number of amides is 1. The van der Waals surface area contributed by atoms with Gasteiger partial charge in [-0.2, -0.15) is 0 Å². The molecule has 1 aliphatic heterocycles. The third-order valence-electron chi connectivity index (χ3n) is 4.80. The van der Waals surface area contributed by atoms with Crippen LogP contribution in [0.15, 0.2) is 46.6 Å². The van der Waals surface area contributed by atoms with E-state index in [9.17, 15) is 14.7 Å². The minimum atomic E-state index is -0.807. The molecular formula is C21H24N2O6. The number of aliphatic hydroxyl groups is 1. The van der Waals surface area contributed by atoms with Gasteiger partial charge in [-0.3, -0.25) is 9.59 Å². The summed E-state index contributed by atoms with van der Waals surface area (Å²) in [4.78, 5) is 28.9. The summed E-state index contributed by atoms with van der Waals surface area (Å²) in [5.41, 5.74) is 0.320. The molecule has 1 aromatic heterocycles. The highest BCUT2D eigenvalue weighted by atomic mass is 16.5. The Morgan fingerprint density at radius 2 is 1.90 bits per heavy atom. The van der Waals surface area contributed by atoms with Crippen molar-refractivity contribution in [3.05, 3.63) is 53.5 Å². The Bertz CT molecular complexity index is 933. The fourth-order valence-corrected chi connectivity index (χ4v) is 3.30. The highest BCUT2D eigenvalue weighted by molar-refractivity contribution is 6.46. The maximum atomic E-state index is 12.8. The lowest BCUT2D eigenvalue weighted by Crippen LogP contribution is -2.35. The Kier molecular flexibility index (Phi) is 5.93. The van der Waals surface area contributed by atoms with Crippen LogP contribution in [0.25, 0.3) is 5.76 Å². The summed E-state index contributed by atoms with van der Waals surface area (Å²) >= 11 is 0. The third kappa shape index (κ3) is 3.84. The van der Waals surface area contributed by atoms with Crippen molar-refractivity contribution in [3.63, 3.8) is 0 Å². The van der Waals surface area contributed by atoms with Crippen molar-refractivity contribution in [2.24, 2.45) is 0 Å². The molecule has 0 aliphatic carbocycles. The number of methoxy groups -OCH3 is 2. The number of hydrogen-bond acceptors (Lipinski definition) is 7. The number of ether oxygens (including phenoxy) is 2. The van der Waals surface area contributed by atoms with Crippen molar-refractivity contribution in [3.8, 4) is 11.5 Å². The molecule has 8 nitrogen and oxygen atoms in total. The fraction of sp³-hybridized carbons (Fsp3) is 0.333. The summed E-state index contributed by atoms with van der Waals surface area (Å²) < 4.78 is 16.0. The van der Waals surface area contributed by atoms with E-state index in [2.05, 4.69) is 0 Å². The van der Waals surface area contributed by atoms with E-state index < -0.39 is 17.7 Å². The molecule has 2 heterocycles. The van der Waals surface area contributed by atoms with E-state index in [-0.39, 0.29) is 11.3 Å². The molecule has 1 saturated heterocycles. The van der Waals surface area contributed by atoms with Gasteiger partial charge in [0.15, 0.2) is 11.5 Å². The number of aliphatic hydroxyl groups excluding tert-OH is 1. The van der Waals surface area contributed by atoms with Gasteiger partial charge in [-0.1, -0.05) is 0 Å². The second kappa shape index (κ2) is 8.40. The number of furan rings is 1. The van der Waals surface area contributed by atoms with E-state index in [4.69, 9.17) is 13.9 Å². The predicted octanol–water partition coefficient (Wildman–Crippen LogP) is 2.28. The van der Waals surface area contributed by atoms with Gasteiger partial charge in [-0.15, -0.1) is 0 Å². The van der Waals surface area contributed by atoms with Crippen LogP contribution >= 0.6 is 0 Å². The zero-order valence-corrected chi connectivity index (χ0v) is 16.8. The first-order valence-corrected chi connectivity index (χ1v) is 9.08. The molecule has 154 valence electrons. The van der Waals surface area contributed by atoms with E-state index in [0.29, 0.717) is 35.9 Å². The number of rotatable bonds is 7. The highest BCUT2D eigenvalue weighted by Gasteiger charge is 2.47. The molecular weight excluding hydrogens is 376 g/mol. The molecule has 0 bridgehead atoms. The van der Waals surface area contributed by atoms with Crippen LogP contribution in [-0.2, 0) is 9.59 Å². The maximum Gasteiger partial charge on any atom is 0.295 e. The summed E-state index contributed by atoms with van der Waals surface area (Å²) in [6.07, 6.45) is 1.47. The number of carbonyl (C=O) groups is 2. The van der Waals surface area contributed by atoms with Crippen molar-refractivity contribution in [2.75, 3.05) is 41.4 Å². The van der Waals surface area contributed by atoms with Crippen molar-refractivity contribution in [1.29, 1.82) is 0 Å². The Morgan fingerprint density at radius 3 is 2.48 bits per heavy atom. The summed E-state index contributed by atoms with van der Waals surface area (Å²) in [5.74, 6) is -0.429. The van der Waals surface area contributed by atoms with Crippen LogP contribution in [0.4, 0.5) is 0 Å². The highest BCUT2D eigenvalue weighted by Crippen LogP contribution is 2.40. The number of hydrogen-bond donors (Lipinski definition) is 1. The van der Waals surface area contributed by atoms with Gasteiger partial charge in [0.25, 0.3) is 11.7 Å². The topological polar surface area (TPSA) is 92.5 Å². The monoisotopic (exact) mass is 400 g/mol. The average Bonchev–Trinajstić information content (AvgIpc) is 3.32. The predicted molar refractivity (Wildman–Crippen MR) is 106 cm³/mol. The van der Waals surface area contributed by atoms with E-state index >= 15 is 0 Å². The molecule has 8 heteroatoms. The molecule has 3 rings (SSSR count). The number of carbonyl (C=O) groups excluding carboxylic acids is 2. The molecule has 1 aliphatic rings. The number of benzene rings is 1. The Hall–Kier alpha value is -3.26. The first-order chi connectivity index (χ1) is 13.9. The van der Waals surface area contributed by atoms with Crippen LogP contribution in [0.2, 0.25) is 0 Å². The van der Waals surface area contributed by atoms with Crippen LogP contribution in [0.5, 0.6) is 11.5 Å². The van der Waals surface area contributed by atoms with Gasteiger partial charge in [0.1, 0.15) is 17.6 Å². The molecule has 1 unspecified atom stereocenters. The smallest absolute Gasteiger partial charge is 0.295 e. The summed E-state index contributed by atoms with van der Waals surface area (Å²) in [7, 11) is 6.74. The van der Waals surface area contributed by atoms with E-state index in [1.807, 2.05) is 19.0 Å². The second-order valence-electron chi connectivity index (χ2n) is 6.88. The number of likely N-dealkylation sites (N-methyl/N-ethyl adjacent to an activating group) is 1. The van der Waals surface area contributed by atoms with Crippen LogP contribution in [-0.4, -0.2) is 68.0 Å². The number of ketones is 1. The van der Waals surface area contributed by atoms with Gasteiger partial charge in [0, 0.05) is 18.7 Å². The second-order valence-corrected chi connectivity index (χ2v) is 6.88. The molecule has 1 aromatic carbocycles. The minimum Gasteiger partial charge on any atom is -0.507 e. The molecule has 29 heavy (non-hydrogen) atoms. The zero-order valence-electron chi connectivity index (χ0n) is 16.8. The minimum absolute atomic E-state index is 0.0177. The lowest BCUT2D eigenvalue weighted by Gasteiger charge is -2.24. The van der Waals surface area contributed by atoms with Crippen LogP contribution in [0, 0.1) is 0 Å². The third-order valence-corrected chi connectivity index (χ3v) is 4.80. The lowest BCUT2D eigenvalue weighted by atomic mass is 9.99.